The largest absolute Gasteiger partial charge is 0.458 e. The van der Waals surface area contributed by atoms with Crippen molar-refractivity contribution in [3.05, 3.63) is 12.7 Å². The quantitative estimate of drug-likeness (QED) is 0.249. The molecule has 0 spiro atoms. The fourth-order valence-electron chi connectivity index (χ4n) is 4.40. The molecule has 0 aromatic rings. The molecule has 38 heavy (non-hydrogen) atoms. The minimum Gasteiger partial charge on any atom is -0.458 e. The van der Waals surface area contributed by atoms with Crippen LogP contribution < -0.4 is 0 Å². The van der Waals surface area contributed by atoms with E-state index < -0.39 is 69.3 Å². The molecule has 1 aliphatic rings. The normalized spacial score (nSPS) is 22.9. The molecule has 0 aliphatic carbocycles. The van der Waals surface area contributed by atoms with E-state index in [2.05, 4.69) is 6.58 Å². The summed E-state index contributed by atoms with van der Waals surface area (Å²) in [5.41, 5.74) is -4.60. The number of esters is 1. The summed E-state index contributed by atoms with van der Waals surface area (Å²) in [4.78, 5) is 56.1. The van der Waals surface area contributed by atoms with Gasteiger partial charge in [-0.05, 0) is 68.7 Å². The monoisotopic (exact) mass is 558 g/mol. The zero-order valence-corrected chi connectivity index (χ0v) is 25.7. The van der Waals surface area contributed by atoms with E-state index in [1.165, 1.54) is 13.0 Å². The molecule has 10 nitrogen and oxygen atoms in total. The maximum absolute atomic E-state index is 13.9. The molecular weight excluding hydrogens is 512 g/mol. The van der Waals surface area contributed by atoms with Crippen LogP contribution in [0.5, 0.6) is 0 Å². The second-order valence-electron chi connectivity index (χ2n) is 12.4. The predicted octanol–water partition coefficient (Wildman–Crippen LogP) is 4.78. The Balaban J connectivity index is 4.01. The van der Waals surface area contributed by atoms with E-state index in [9.17, 15) is 23.4 Å². The highest BCUT2D eigenvalue weighted by Crippen LogP contribution is 2.47. The second-order valence-corrected chi connectivity index (χ2v) is 14.2. The third-order valence-corrected chi connectivity index (χ3v) is 6.95. The SMILES string of the molecule is C=C[C@@H]1CC(C(=O)OC(C)(C)C)N(C(=O)OC(C)(C)C)[C@]1(CCS(=O)CC)N(C(C)=O)C(=O)OC(C)(C)C. The molecule has 0 saturated carbocycles. The minimum atomic E-state index is -1.79. The van der Waals surface area contributed by atoms with Crippen LogP contribution in [0.4, 0.5) is 9.59 Å². The Kier molecular flexibility index (Phi) is 10.8. The lowest BCUT2D eigenvalue weighted by atomic mass is 9.88. The summed E-state index contributed by atoms with van der Waals surface area (Å²) in [6.45, 7) is 21.9. The van der Waals surface area contributed by atoms with Crippen molar-refractivity contribution < 1.29 is 37.6 Å². The number of carbonyl (C=O) groups excluding carboxylic acids is 4. The van der Waals surface area contributed by atoms with E-state index in [4.69, 9.17) is 14.2 Å². The first-order valence-corrected chi connectivity index (χ1v) is 14.3. The molecular formula is C27H46N2O8S. The summed E-state index contributed by atoms with van der Waals surface area (Å²) in [6.07, 6.45) is -0.520. The molecule has 218 valence electrons. The number of nitrogens with zero attached hydrogens (tertiary/aromatic N) is 2. The zero-order chi connectivity index (χ0) is 29.9. The molecule has 1 saturated heterocycles. The van der Waals surface area contributed by atoms with Gasteiger partial charge >= 0.3 is 18.2 Å². The standard InChI is InChI=1S/C27H46N2O8S/c1-13-19-17-20(21(31)35-24(4,5)6)29(23(33)37-26(10,11)12)27(19,15-16-38(34)14-2)28(18(3)30)22(32)36-25(7,8)9/h13,19-20H,1,14-17H2,2-12H3/t19-,20?,27+,38?/m1/s1. The molecule has 11 heteroatoms. The summed E-state index contributed by atoms with van der Waals surface area (Å²) in [7, 11) is -1.33. The molecule has 4 atom stereocenters. The summed E-state index contributed by atoms with van der Waals surface area (Å²) in [6, 6.07) is -1.22. The van der Waals surface area contributed by atoms with E-state index in [1.54, 1.807) is 69.2 Å². The predicted molar refractivity (Wildman–Crippen MR) is 146 cm³/mol. The van der Waals surface area contributed by atoms with Crippen molar-refractivity contribution in [1.29, 1.82) is 0 Å². The molecule has 0 aromatic carbocycles. The minimum absolute atomic E-state index is 0.00297. The van der Waals surface area contributed by atoms with Crippen LogP contribution in [0.3, 0.4) is 0 Å². The first-order chi connectivity index (χ1) is 17.1. The molecule has 1 aliphatic heterocycles. The maximum atomic E-state index is 13.9. The molecule has 0 radical (unpaired) electrons. The van der Waals surface area contributed by atoms with Gasteiger partial charge in [0.1, 0.15) is 28.5 Å². The van der Waals surface area contributed by atoms with Gasteiger partial charge in [-0.25, -0.2) is 19.3 Å². The Morgan fingerprint density at radius 1 is 0.974 bits per heavy atom. The third kappa shape index (κ3) is 8.54. The van der Waals surface area contributed by atoms with Crippen molar-refractivity contribution in [3.63, 3.8) is 0 Å². The number of imide groups is 1. The van der Waals surface area contributed by atoms with Gasteiger partial charge in [0.2, 0.25) is 5.91 Å². The van der Waals surface area contributed by atoms with Crippen molar-refractivity contribution in [1.82, 2.24) is 9.80 Å². The van der Waals surface area contributed by atoms with E-state index >= 15 is 0 Å². The van der Waals surface area contributed by atoms with E-state index in [1.807, 2.05) is 0 Å². The average molecular weight is 559 g/mol. The number of hydrogen-bond acceptors (Lipinski definition) is 8. The van der Waals surface area contributed by atoms with Crippen molar-refractivity contribution in [2.45, 2.75) is 118 Å². The van der Waals surface area contributed by atoms with E-state index in [0.717, 1.165) is 9.80 Å². The third-order valence-electron chi connectivity index (χ3n) is 5.65. The van der Waals surface area contributed by atoms with Gasteiger partial charge in [0.25, 0.3) is 0 Å². The Morgan fingerprint density at radius 2 is 1.47 bits per heavy atom. The number of amides is 3. The van der Waals surface area contributed by atoms with Gasteiger partial charge in [-0.15, -0.1) is 6.58 Å². The first-order valence-electron chi connectivity index (χ1n) is 12.9. The Bertz CT molecular complexity index is 944. The highest BCUT2D eigenvalue weighted by Gasteiger charge is 2.64. The van der Waals surface area contributed by atoms with E-state index in [-0.39, 0.29) is 18.6 Å². The van der Waals surface area contributed by atoms with Crippen molar-refractivity contribution in [3.8, 4) is 0 Å². The molecule has 1 heterocycles. The van der Waals surface area contributed by atoms with Gasteiger partial charge in [-0.3, -0.25) is 13.9 Å². The molecule has 3 amide bonds. The number of rotatable bonds is 7. The Morgan fingerprint density at radius 3 is 1.87 bits per heavy atom. The highest BCUT2D eigenvalue weighted by atomic mass is 32.2. The fourth-order valence-corrected chi connectivity index (χ4v) is 5.22. The van der Waals surface area contributed by atoms with Crippen molar-refractivity contribution in [2.24, 2.45) is 5.92 Å². The Hall–Kier alpha value is -2.43. The smallest absolute Gasteiger partial charge is 0.419 e. The van der Waals surface area contributed by atoms with Gasteiger partial charge in [-0.1, -0.05) is 13.0 Å². The summed E-state index contributed by atoms with van der Waals surface area (Å²) < 4.78 is 29.6. The van der Waals surface area contributed by atoms with Gasteiger partial charge in [0, 0.05) is 41.6 Å². The van der Waals surface area contributed by atoms with Crippen LogP contribution in [0, 0.1) is 5.92 Å². The molecule has 0 aromatic heterocycles. The maximum Gasteiger partial charge on any atom is 0.419 e. The average Bonchev–Trinajstić information content (AvgIpc) is 3.02. The molecule has 1 rings (SSSR count). The van der Waals surface area contributed by atoms with Crippen LogP contribution in [0.25, 0.3) is 0 Å². The van der Waals surface area contributed by atoms with E-state index in [0.29, 0.717) is 5.75 Å². The number of ether oxygens (including phenoxy) is 3. The number of likely N-dealkylation sites (tertiary alicyclic amines) is 1. The molecule has 0 bridgehead atoms. The van der Waals surface area contributed by atoms with Gasteiger partial charge < -0.3 is 14.2 Å². The summed E-state index contributed by atoms with van der Waals surface area (Å²) in [5.74, 6) is -1.86. The highest BCUT2D eigenvalue weighted by molar-refractivity contribution is 7.84. The Labute approximate surface area is 229 Å². The topological polar surface area (TPSA) is 120 Å². The van der Waals surface area contributed by atoms with Gasteiger partial charge in [0.05, 0.1) is 0 Å². The second kappa shape index (κ2) is 12.2. The van der Waals surface area contributed by atoms with Crippen LogP contribution in [0.15, 0.2) is 12.7 Å². The fraction of sp³-hybridized carbons (Fsp3) is 0.778. The lowest BCUT2D eigenvalue weighted by Gasteiger charge is -2.48. The number of carbonyl (C=O) groups is 4. The van der Waals surface area contributed by atoms with Gasteiger partial charge in [-0.2, -0.15) is 0 Å². The summed E-state index contributed by atoms with van der Waals surface area (Å²) in [5, 5.41) is 0. The van der Waals surface area contributed by atoms with Crippen LogP contribution in [-0.4, -0.2) is 78.1 Å². The van der Waals surface area contributed by atoms with Crippen molar-refractivity contribution in [2.75, 3.05) is 11.5 Å². The summed E-state index contributed by atoms with van der Waals surface area (Å²) >= 11 is 0. The van der Waals surface area contributed by atoms with Crippen LogP contribution in [-0.2, 0) is 34.6 Å². The lowest BCUT2D eigenvalue weighted by Crippen LogP contribution is -2.68. The van der Waals surface area contributed by atoms with Gasteiger partial charge in [0.15, 0.2) is 0 Å². The van der Waals surface area contributed by atoms with Crippen LogP contribution in [0.1, 0.15) is 89.0 Å². The lowest BCUT2D eigenvalue weighted by molar-refractivity contribution is -0.166. The molecule has 1 fully saturated rings. The van der Waals surface area contributed by atoms with Crippen molar-refractivity contribution >= 4 is 34.9 Å². The number of hydrogen-bond donors (Lipinski definition) is 0. The molecule has 2 unspecified atom stereocenters. The first kappa shape index (κ1) is 33.6. The molecule has 0 N–H and O–H groups in total. The van der Waals surface area contributed by atoms with Crippen LogP contribution in [0.2, 0.25) is 0 Å². The zero-order valence-electron chi connectivity index (χ0n) is 24.8. The van der Waals surface area contributed by atoms with Crippen LogP contribution >= 0.6 is 0 Å².